The molecule has 0 aliphatic rings. The summed E-state index contributed by atoms with van der Waals surface area (Å²) in [6.45, 7) is 2.51. The Labute approximate surface area is 181 Å². The zero-order valence-electron chi connectivity index (χ0n) is 14.7. The summed E-state index contributed by atoms with van der Waals surface area (Å²) in [4.78, 5) is 6.63. The molecule has 1 aromatic heterocycles. The highest BCUT2D eigenvalue weighted by atomic mass is 35.5. The first-order valence-corrected chi connectivity index (χ1v) is 9.89. The summed E-state index contributed by atoms with van der Waals surface area (Å²) in [5.74, 6) is 1.21. The third-order valence-corrected chi connectivity index (χ3v) is 4.72. The highest BCUT2D eigenvalue weighted by Crippen LogP contribution is 2.27. The number of hydrogen-bond acceptors (Lipinski definition) is 3. The van der Waals surface area contributed by atoms with Gasteiger partial charge in [-0.1, -0.05) is 23.7 Å². The summed E-state index contributed by atoms with van der Waals surface area (Å²) < 4.78 is 0. The topological polar surface area (TPSA) is 28.2 Å². The molecule has 7 heteroatoms. The quantitative estimate of drug-likeness (QED) is 0.411. The molecule has 0 unspecified atom stereocenters. The van der Waals surface area contributed by atoms with Crippen molar-refractivity contribution in [2.45, 2.75) is 6.54 Å². The first kappa shape index (κ1) is 22.1. The lowest BCUT2D eigenvalue weighted by Gasteiger charge is -2.20. The normalized spacial score (nSPS) is 10.8. The number of nitrogens with one attached hydrogen (secondary N) is 1. The van der Waals surface area contributed by atoms with Gasteiger partial charge in [0.15, 0.2) is 0 Å². The zero-order valence-corrected chi connectivity index (χ0v) is 17.8. The van der Waals surface area contributed by atoms with E-state index >= 15 is 0 Å². The molecule has 0 fully saturated rings. The number of alkyl halides is 2. The Morgan fingerprint density at radius 1 is 0.926 bits per heavy atom. The van der Waals surface area contributed by atoms with E-state index in [9.17, 15) is 0 Å². The molecule has 1 N–H and O–H groups in total. The number of nitrogens with zero attached hydrogens (tertiary/aromatic N) is 2. The van der Waals surface area contributed by atoms with Gasteiger partial charge in [-0.2, -0.15) is 0 Å². The van der Waals surface area contributed by atoms with Crippen LogP contribution < -0.4 is 5.32 Å². The van der Waals surface area contributed by atoms with Gasteiger partial charge in [-0.25, -0.2) is 0 Å². The zero-order chi connectivity index (χ0) is 18.4. The number of hydrogen-bond donors (Lipinski definition) is 1. The van der Waals surface area contributed by atoms with Gasteiger partial charge in [0.05, 0.1) is 5.52 Å². The molecule has 27 heavy (non-hydrogen) atoms. The Kier molecular flexibility index (Phi) is 8.94. The summed E-state index contributed by atoms with van der Waals surface area (Å²) in [5, 5.41) is 5.18. The van der Waals surface area contributed by atoms with E-state index in [0.29, 0.717) is 16.8 Å². The van der Waals surface area contributed by atoms with E-state index in [2.05, 4.69) is 39.5 Å². The van der Waals surface area contributed by atoms with Gasteiger partial charge in [0.25, 0.3) is 0 Å². The van der Waals surface area contributed by atoms with Crippen LogP contribution in [-0.4, -0.2) is 34.7 Å². The van der Waals surface area contributed by atoms with Crippen LogP contribution in [0.5, 0.6) is 0 Å². The van der Waals surface area contributed by atoms with Gasteiger partial charge in [-0.15, -0.1) is 35.6 Å². The van der Waals surface area contributed by atoms with Gasteiger partial charge >= 0.3 is 0 Å². The molecule has 0 aliphatic carbocycles. The molecule has 0 aliphatic heterocycles. The van der Waals surface area contributed by atoms with Gasteiger partial charge in [0.2, 0.25) is 0 Å². The van der Waals surface area contributed by atoms with Crippen LogP contribution in [0.2, 0.25) is 5.02 Å². The van der Waals surface area contributed by atoms with Gasteiger partial charge in [0.1, 0.15) is 0 Å². The van der Waals surface area contributed by atoms with Gasteiger partial charge in [0, 0.05) is 59.4 Å². The minimum absolute atomic E-state index is 0. The first-order valence-electron chi connectivity index (χ1n) is 8.44. The third-order valence-electron chi connectivity index (χ3n) is 4.15. The van der Waals surface area contributed by atoms with Crippen molar-refractivity contribution in [3.63, 3.8) is 0 Å². The highest BCUT2D eigenvalue weighted by molar-refractivity contribution is 6.31. The monoisotopic (exact) mass is 443 g/mol. The minimum Gasteiger partial charge on any atom is -0.355 e. The predicted octanol–water partition coefficient (Wildman–Crippen LogP) is 6.33. The molecule has 1 heterocycles. The maximum Gasteiger partial charge on any atom is 0.0737 e. The summed E-state index contributed by atoms with van der Waals surface area (Å²) in [7, 11) is 0. The van der Waals surface area contributed by atoms with Crippen LogP contribution in [0, 0.1) is 0 Å². The first-order chi connectivity index (χ1) is 12.7. The fourth-order valence-corrected chi connectivity index (χ4v) is 3.49. The minimum atomic E-state index is 0. The summed E-state index contributed by atoms with van der Waals surface area (Å²) >= 11 is 17.8. The number of fused-ring (bicyclic) bond motifs is 1. The SMILES string of the molecule is Cl.ClCCN(CCCl)Cc1ccc(Nc2ccnc3cc(Cl)ccc23)cc1. The lowest BCUT2D eigenvalue weighted by atomic mass is 10.1. The van der Waals surface area contributed by atoms with Crippen LogP contribution in [-0.2, 0) is 6.54 Å². The highest BCUT2D eigenvalue weighted by Gasteiger charge is 2.06. The largest absolute Gasteiger partial charge is 0.355 e. The van der Waals surface area contributed by atoms with Crippen LogP contribution in [0.4, 0.5) is 11.4 Å². The Morgan fingerprint density at radius 2 is 1.63 bits per heavy atom. The number of halogens is 4. The number of rotatable bonds is 8. The number of pyridine rings is 1. The fraction of sp³-hybridized carbons (Fsp3) is 0.250. The smallest absolute Gasteiger partial charge is 0.0737 e. The summed E-state index contributed by atoms with van der Waals surface area (Å²) in [6.07, 6.45) is 1.78. The van der Waals surface area contributed by atoms with E-state index in [1.54, 1.807) is 6.20 Å². The Morgan fingerprint density at radius 3 is 2.30 bits per heavy atom. The molecule has 0 radical (unpaired) electrons. The summed E-state index contributed by atoms with van der Waals surface area (Å²) in [5.41, 5.74) is 4.14. The third kappa shape index (κ3) is 6.13. The molecule has 0 atom stereocenters. The molecular weight excluding hydrogens is 424 g/mol. The molecular formula is C20H21Cl4N3. The van der Waals surface area contributed by atoms with Crippen molar-refractivity contribution in [3.8, 4) is 0 Å². The predicted molar refractivity (Wildman–Crippen MR) is 120 cm³/mol. The van der Waals surface area contributed by atoms with E-state index in [-0.39, 0.29) is 12.4 Å². The lowest BCUT2D eigenvalue weighted by Crippen LogP contribution is -2.27. The number of anilines is 2. The lowest BCUT2D eigenvalue weighted by molar-refractivity contribution is 0.299. The average Bonchev–Trinajstić information content (AvgIpc) is 2.64. The molecule has 0 amide bonds. The Bertz CT molecular complexity index is 849. The van der Waals surface area contributed by atoms with Crippen LogP contribution >= 0.6 is 47.2 Å². The molecule has 0 spiro atoms. The maximum atomic E-state index is 6.05. The number of benzene rings is 2. The second kappa shape index (κ2) is 10.9. The van der Waals surface area contributed by atoms with Crippen molar-refractivity contribution in [1.29, 1.82) is 0 Å². The van der Waals surface area contributed by atoms with E-state index in [1.165, 1.54) is 5.56 Å². The van der Waals surface area contributed by atoms with Crippen molar-refractivity contribution >= 4 is 69.5 Å². The van der Waals surface area contributed by atoms with Crippen LogP contribution in [0.1, 0.15) is 5.56 Å². The van der Waals surface area contributed by atoms with E-state index in [4.69, 9.17) is 34.8 Å². The molecule has 2 aromatic carbocycles. The molecule has 144 valence electrons. The average molecular weight is 445 g/mol. The van der Waals surface area contributed by atoms with Gasteiger partial charge in [-0.05, 0) is 42.0 Å². The Hall–Kier alpha value is -1.23. The van der Waals surface area contributed by atoms with Gasteiger partial charge < -0.3 is 5.32 Å². The molecule has 0 bridgehead atoms. The van der Waals surface area contributed by atoms with Crippen LogP contribution in [0.15, 0.2) is 54.7 Å². The van der Waals surface area contributed by atoms with E-state index in [1.807, 2.05) is 24.3 Å². The molecule has 3 nitrogen and oxygen atoms in total. The fourth-order valence-electron chi connectivity index (χ4n) is 2.85. The Balaban J connectivity index is 0.00000261. The van der Waals surface area contributed by atoms with Crippen molar-refractivity contribution < 1.29 is 0 Å². The standard InChI is InChI=1S/C20H20Cl3N3.ClH/c21-8-11-26(12-9-22)14-15-1-4-17(5-2-15)25-19-7-10-24-20-13-16(23)3-6-18(19)20;/h1-7,10,13H,8-9,11-12,14H2,(H,24,25);1H. The van der Waals surface area contributed by atoms with Crippen molar-refractivity contribution in [2.75, 3.05) is 30.2 Å². The van der Waals surface area contributed by atoms with Crippen LogP contribution in [0.25, 0.3) is 10.9 Å². The second-order valence-electron chi connectivity index (χ2n) is 6.00. The van der Waals surface area contributed by atoms with E-state index < -0.39 is 0 Å². The van der Waals surface area contributed by atoms with Crippen molar-refractivity contribution in [3.05, 3.63) is 65.3 Å². The van der Waals surface area contributed by atoms with Crippen molar-refractivity contribution in [2.24, 2.45) is 0 Å². The molecule has 3 rings (SSSR count). The number of aromatic nitrogens is 1. The van der Waals surface area contributed by atoms with Gasteiger partial charge in [-0.3, -0.25) is 9.88 Å². The second-order valence-corrected chi connectivity index (χ2v) is 7.19. The van der Waals surface area contributed by atoms with E-state index in [0.717, 1.165) is 41.9 Å². The maximum absolute atomic E-state index is 6.05. The molecule has 0 saturated carbocycles. The van der Waals surface area contributed by atoms with Crippen molar-refractivity contribution in [1.82, 2.24) is 9.88 Å². The molecule has 0 saturated heterocycles. The van der Waals surface area contributed by atoms with Crippen LogP contribution in [0.3, 0.4) is 0 Å². The summed E-state index contributed by atoms with van der Waals surface area (Å²) in [6, 6.07) is 16.1. The molecule has 3 aromatic rings.